The predicted molar refractivity (Wildman–Crippen MR) is 63.5 cm³/mol. The molecule has 0 radical (unpaired) electrons. The second-order valence-corrected chi connectivity index (χ2v) is 4.43. The molecule has 3 N–H and O–H groups in total. The lowest BCUT2D eigenvalue weighted by Gasteiger charge is -2.03. The Balaban J connectivity index is 2.18. The van der Waals surface area contributed by atoms with Gasteiger partial charge in [-0.15, -0.1) is 11.3 Å². The molecule has 0 saturated heterocycles. The normalized spacial score (nSPS) is 10.1. The molecule has 2 rings (SSSR count). The monoisotopic (exact) mass is 234 g/mol. The maximum atomic E-state index is 11.8. The molecule has 0 atom stereocenters. The zero-order valence-electron chi connectivity index (χ0n) is 8.60. The lowest BCUT2D eigenvalue weighted by Crippen LogP contribution is -2.13. The first-order valence-electron chi connectivity index (χ1n) is 4.60. The van der Waals surface area contributed by atoms with E-state index >= 15 is 0 Å². The second-order valence-electron chi connectivity index (χ2n) is 3.19. The van der Waals surface area contributed by atoms with E-state index < -0.39 is 0 Å². The maximum Gasteiger partial charge on any atom is 0.259 e. The number of rotatable bonds is 2. The van der Waals surface area contributed by atoms with Crippen LogP contribution in [-0.4, -0.2) is 15.9 Å². The molecule has 0 saturated carbocycles. The average molecular weight is 234 g/mol. The number of nitrogens with one attached hydrogen (secondary N) is 1. The van der Waals surface area contributed by atoms with Crippen LogP contribution < -0.4 is 11.1 Å². The van der Waals surface area contributed by atoms with Gasteiger partial charge in [-0.25, -0.2) is 4.98 Å². The van der Waals surface area contributed by atoms with Crippen molar-refractivity contribution in [3.05, 3.63) is 35.1 Å². The van der Waals surface area contributed by atoms with Crippen LogP contribution in [0.5, 0.6) is 0 Å². The third kappa shape index (κ3) is 2.17. The molecule has 0 unspecified atom stereocenters. The topological polar surface area (TPSA) is 80.9 Å². The van der Waals surface area contributed by atoms with Gasteiger partial charge in [0, 0.05) is 17.3 Å². The minimum atomic E-state index is -0.269. The Kier molecular flexibility index (Phi) is 2.82. The van der Waals surface area contributed by atoms with Gasteiger partial charge in [-0.1, -0.05) is 0 Å². The second kappa shape index (κ2) is 4.28. The zero-order chi connectivity index (χ0) is 11.5. The summed E-state index contributed by atoms with van der Waals surface area (Å²) in [5.41, 5.74) is 6.40. The summed E-state index contributed by atoms with van der Waals surface area (Å²) in [7, 11) is 0. The van der Waals surface area contributed by atoms with E-state index in [1.54, 1.807) is 12.3 Å². The van der Waals surface area contributed by atoms with Gasteiger partial charge in [0.25, 0.3) is 5.91 Å². The summed E-state index contributed by atoms with van der Waals surface area (Å²) < 4.78 is 0. The van der Waals surface area contributed by atoms with Crippen molar-refractivity contribution in [1.82, 2.24) is 9.97 Å². The van der Waals surface area contributed by atoms with E-state index in [9.17, 15) is 4.79 Å². The fourth-order valence-corrected chi connectivity index (χ4v) is 1.85. The fraction of sp³-hybridized carbons (Fsp3) is 0.100. The summed E-state index contributed by atoms with van der Waals surface area (Å²) >= 11 is 1.42. The number of nitrogens with two attached hydrogens (primary N) is 1. The molecule has 0 aliphatic rings. The Morgan fingerprint density at radius 1 is 1.50 bits per heavy atom. The number of aryl methyl sites for hydroxylation is 1. The molecule has 16 heavy (non-hydrogen) atoms. The zero-order valence-corrected chi connectivity index (χ0v) is 9.41. The lowest BCUT2D eigenvalue weighted by atomic mass is 10.2. The van der Waals surface area contributed by atoms with Crippen LogP contribution in [0.15, 0.2) is 24.7 Å². The van der Waals surface area contributed by atoms with Crippen molar-refractivity contribution in [2.45, 2.75) is 6.92 Å². The van der Waals surface area contributed by atoms with Gasteiger partial charge in [0.05, 0.1) is 17.4 Å². The Hall–Kier alpha value is -1.95. The number of thiazole rings is 1. The number of nitrogen functional groups attached to an aromatic ring is 1. The van der Waals surface area contributed by atoms with Crippen LogP contribution in [-0.2, 0) is 0 Å². The highest BCUT2D eigenvalue weighted by molar-refractivity contribution is 7.15. The van der Waals surface area contributed by atoms with Crippen molar-refractivity contribution in [1.29, 1.82) is 0 Å². The number of nitrogens with zero attached hydrogens (tertiary/aromatic N) is 2. The van der Waals surface area contributed by atoms with E-state index in [4.69, 9.17) is 5.73 Å². The Morgan fingerprint density at radius 2 is 2.31 bits per heavy atom. The highest BCUT2D eigenvalue weighted by Gasteiger charge is 2.10. The first-order chi connectivity index (χ1) is 7.66. The smallest absolute Gasteiger partial charge is 0.259 e. The highest BCUT2D eigenvalue weighted by atomic mass is 32.1. The number of carbonyl (C=O) groups excluding carboxylic acids is 1. The standard InChI is InChI=1S/C10H10N4OS/c1-6-4-13-10(16-6)14-9(15)7-2-3-12-5-8(7)11/h2-5H,11H2,1H3,(H,13,14,15). The van der Waals surface area contributed by atoms with E-state index in [-0.39, 0.29) is 5.91 Å². The summed E-state index contributed by atoms with van der Waals surface area (Å²) in [6.07, 6.45) is 4.68. The predicted octanol–water partition coefficient (Wildman–Crippen LogP) is 1.68. The molecule has 0 fully saturated rings. The van der Waals surface area contributed by atoms with E-state index in [0.717, 1.165) is 4.88 Å². The molecule has 0 bridgehead atoms. The number of hydrogen-bond acceptors (Lipinski definition) is 5. The first-order valence-corrected chi connectivity index (χ1v) is 5.42. The van der Waals surface area contributed by atoms with E-state index in [1.165, 1.54) is 23.7 Å². The van der Waals surface area contributed by atoms with E-state index in [1.807, 2.05) is 6.92 Å². The number of aromatic nitrogens is 2. The van der Waals surface area contributed by atoms with Crippen molar-refractivity contribution < 1.29 is 4.79 Å². The molecule has 1 amide bonds. The van der Waals surface area contributed by atoms with Crippen LogP contribution in [0.25, 0.3) is 0 Å². The number of pyridine rings is 1. The Labute approximate surface area is 96.3 Å². The van der Waals surface area contributed by atoms with Crippen molar-refractivity contribution in [3.8, 4) is 0 Å². The molecule has 5 nitrogen and oxygen atoms in total. The van der Waals surface area contributed by atoms with E-state index in [2.05, 4.69) is 15.3 Å². The summed E-state index contributed by atoms with van der Waals surface area (Å²) in [5, 5.41) is 3.25. The van der Waals surface area contributed by atoms with Crippen LogP contribution in [0, 0.1) is 6.92 Å². The number of hydrogen-bond donors (Lipinski definition) is 2. The molecular formula is C10H10N4OS. The van der Waals surface area contributed by atoms with Crippen LogP contribution >= 0.6 is 11.3 Å². The van der Waals surface area contributed by atoms with Crippen molar-refractivity contribution in [3.63, 3.8) is 0 Å². The average Bonchev–Trinajstić information content (AvgIpc) is 2.64. The van der Waals surface area contributed by atoms with Gasteiger partial charge in [0.15, 0.2) is 5.13 Å². The van der Waals surface area contributed by atoms with Crippen molar-refractivity contribution in [2.24, 2.45) is 0 Å². The van der Waals surface area contributed by atoms with Gasteiger partial charge in [-0.3, -0.25) is 15.1 Å². The van der Waals surface area contributed by atoms with Crippen LogP contribution in [0.4, 0.5) is 10.8 Å². The number of anilines is 2. The van der Waals surface area contributed by atoms with Gasteiger partial charge < -0.3 is 5.73 Å². The molecule has 2 heterocycles. The van der Waals surface area contributed by atoms with Crippen LogP contribution in [0.3, 0.4) is 0 Å². The maximum absolute atomic E-state index is 11.8. The van der Waals surface area contributed by atoms with Gasteiger partial charge in [-0.05, 0) is 13.0 Å². The molecule has 0 spiro atoms. The fourth-order valence-electron chi connectivity index (χ4n) is 1.19. The largest absolute Gasteiger partial charge is 0.397 e. The quantitative estimate of drug-likeness (QED) is 0.828. The van der Waals surface area contributed by atoms with E-state index in [0.29, 0.717) is 16.4 Å². The summed E-state index contributed by atoms with van der Waals surface area (Å²) in [4.78, 5) is 20.7. The molecule has 0 aliphatic heterocycles. The van der Waals surface area contributed by atoms with Gasteiger partial charge in [-0.2, -0.15) is 0 Å². The SMILES string of the molecule is Cc1cnc(NC(=O)c2ccncc2N)s1. The van der Waals surface area contributed by atoms with Gasteiger partial charge >= 0.3 is 0 Å². The third-order valence-electron chi connectivity index (χ3n) is 1.94. The minimum Gasteiger partial charge on any atom is -0.397 e. The van der Waals surface area contributed by atoms with Crippen LogP contribution in [0.1, 0.15) is 15.2 Å². The summed E-state index contributed by atoms with van der Waals surface area (Å²) in [5.74, 6) is -0.269. The minimum absolute atomic E-state index is 0.269. The molecular weight excluding hydrogens is 224 g/mol. The van der Waals surface area contributed by atoms with Gasteiger partial charge in [0.2, 0.25) is 0 Å². The van der Waals surface area contributed by atoms with Crippen LogP contribution in [0.2, 0.25) is 0 Å². The molecule has 82 valence electrons. The molecule has 0 aromatic carbocycles. The summed E-state index contributed by atoms with van der Waals surface area (Å²) in [6.45, 7) is 1.92. The van der Waals surface area contributed by atoms with Crippen molar-refractivity contribution >= 4 is 28.1 Å². The molecule has 2 aromatic rings. The Bertz CT molecular complexity index is 523. The number of carbonyl (C=O) groups is 1. The highest BCUT2D eigenvalue weighted by Crippen LogP contribution is 2.18. The first kappa shape index (κ1) is 10.6. The van der Waals surface area contributed by atoms with Crippen molar-refractivity contribution in [2.75, 3.05) is 11.1 Å². The molecule has 0 aliphatic carbocycles. The lowest BCUT2D eigenvalue weighted by molar-refractivity contribution is 0.102. The Morgan fingerprint density at radius 3 is 2.94 bits per heavy atom. The summed E-state index contributed by atoms with van der Waals surface area (Å²) in [6, 6.07) is 1.57. The number of amides is 1. The third-order valence-corrected chi connectivity index (χ3v) is 2.77. The molecule has 2 aromatic heterocycles. The molecule has 6 heteroatoms. The van der Waals surface area contributed by atoms with Gasteiger partial charge in [0.1, 0.15) is 0 Å².